The Bertz CT molecular complexity index is 991. The fourth-order valence-corrected chi connectivity index (χ4v) is 3.90. The molecule has 1 amide bonds. The highest BCUT2D eigenvalue weighted by atomic mass is 16.5. The Labute approximate surface area is 157 Å². The molecule has 1 aliphatic heterocycles. The molecule has 4 heterocycles. The van der Waals surface area contributed by atoms with E-state index in [2.05, 4.69) is 20.1 Å². The second kappa shape index (κ2) is 6.77. The van der Waals surface area contributed by atoms with E-state index in [4.69, 9.17) is 10.3 Å². The van der Waals surface area contributed by atoms with Crippen LogP contribution in [0.15, 0.2) is 22.9 Å². The van der Waals surface area contributed by atoms with Crippen LogP contribution in [0.25, 0.3) is 17.0 Å². The maximum absolute atomic E-state index is 11.7. The van der Waals surface area contributed by atoms with Crippen molar-refractivity contribution in [2.45, 2.75) is 45.6 Å². The van der Waals surface area contributed by atoms with E-state index in [1.807, 2.05) is 43.6 Å². The first-order valence-electron chi connectivity index (χ1n) is 9.26. The number of nitrogens with two attached hydrogens (primary N) is 1. The lowest BCUT2D eigenvalue weighted by atomic mass is 9.90. The van der Waals surface area contributed by atoms with E-state index in [1.54, 1.807) is 0 Å². The zero-order valence-corrected chi connectivity index (χ0v) is 15.8. The molecule has 8 heteroatoms. The van der Waals surface area contributed by atoms with Gasteiger partial charge in [-0.1, -0.05) is 5.16 Å². The second-order valence-electron chi connectivity index (χ2n) is 7.36. The first-order chi connectivity index (χ1) is 12.9. The number of carbonyl (C=O) groups excluding carboxylic acids is 1. The SMILES string of the molecule is Cc1cc(-c2cnc3cc(C)nn3c2[C@H]2CCCN([C@@H](C)C(N)=O)C2)on1. The topological polar surface area (TPSA) is 103 Å². The molecule has 2 atom stereocenters. The van der Waals surface area contributed by atoms with E-state index in [-0.39, 0.29) is 17.9 Å². The summed E-state index contributed by atoms with van der Waals surface area (Å²) in [5, 5.41) is 8.70. The number of aryl methyl sites for hydroxylation is 2. The third-order valence-electron chi connectivity index (χ3n) is 5.34. The molecule has 0 bridgehead atoms. The number of primary amides is 1. The van der Waals surface area contributed by atoms with Gasteiger partial charge in [-0.2, -0.15) is 5.10 Å². The van der Waals surface area contributed by atoms with Gasteiger partial charge in [0.15, 0.2) is 11.4 Å². The van der Waals surface area contributed by atoms with E-state index >= 15 is 0 Å². The van der Waals surface area contributed by atoms with Gasteiger partial charge < -0.3 is 10.3 Å². The fourth-order valence-electron chi connectivity index (χ4n) is 3.90. The van der Waals surface area contributed by atoms with Gasteiger partial charge in [0.1, 0.15) is 0 Å². The Morgan fingerprint density at radius 1 is 1.33 bits per heavy atom. The van der Waals surface area contributed by atoms with E-state index in [1.165, 1.54) is 0 Å². The predicted octanol–water partition coefficient (Wildman–Crippen LogP) is 2.05. The lowest BCUT2D eigenvalue weighted by Gasteiger charge is -2.36. The first kappa shape index (κ1) is 17.7. The maximum Gasteiger partial charge on any atom is 0.234 e. The standard InChI is InChI=1S/C19H24N6O2/c1-11-8-17-21-9-15(16-7-12(2)23-27-16)18(25(17)22-11)14-5-4-6-24(10-14)13(3)19(20)26/h7-9,13-14H,4-6,10H2,1-3H3,(H2,20,26)/t13-,14-/m0/s1. The molecular formula is C19H24N6O2. The molecule has 8 nitrogen and oxygen atoms in total. The van der Waals surface area contributed by atoms with Crippen molar-refractivity contribution >= 4 is 11.6 Å². The van der Waals surface area contributed by atoms with Crippen molar-refractivity contribution in [1.82, 2.24) is 24.7 Å². The Balaban J connectivity index is 1.82. The minimum atomic E-state index is -0.295. The molecule has 0 spiro atoms. The van der Waals surface area contributed by atoms with Crippen LogP contribution in [-0.2, 0) is 4.79 Å². The Morgan fingerprint density at radius 3 is 2.85 bits per heavy atom. The summed E-state index contributed by atoms with van der Waals surface area (Å²) in [7, 11) is 0. The Kier molecular flexibility index (Phi) is 4.43. The molecule has 0 aliphatic carbocycles. The largest absolute Gasteiger partial charge is 0.368 e. The van der Waals surface area contributed by atoms with Crippen LogP contribution in [0, 0.1) is 13.8 Å². The number of aromatic nitrogens is 4. The van der Waals surface area contributed by atoms with Crippen LogP contribution in [0.1, 0.15) is 42.8 Å². The van der Waals surface area contributed by atoms with Crippen LogP contribution in [-0.4, -0.2) is 49.7 Å². The average Bonchev–Trinajstić information content (AvgIpc) is 3.24. The quantitative estimate of drug-likeness (QED) is 0.756. The minimum absolute atomic E-state index is 0.186. The number of piperidine rings is 1. The van der Waals surface area contributed by atoms with Gasteiger partial charge in [0, 0.05) is 30.8 Å². The number of hydrogen-bond acceptors (Lipinski definition) is 6. The van der Waals surface area contributed by atoms with Gasteiger partial charge in [-0.25, -0.2) is 9.50 Å². The fraction of sp³-hybridized carbons (Fsp3) is 0.474. The summed E-state index contributed by atoms with van der Waals surface area (Å²) in [6.07, 6.45) is 3.82. The first-order valence-corrected chi connectivity index (χ1v) is 9.26. The van der Waals surface area contributed by atoms with Crippen LogP contribution in [0.3, 0.4) is 0 Å². The van der Waals surface area contributed by atoms with Crippen molar-refractivity contribution in [3.05, 3.63) is 35.4 Å². The predicted molar refractivity (Wildman–Crippen MR) is 100 cm³/mol. The third-order valence-corrected chi connectivity index (χ3v) is 5.34. The summed E-state index contributed by atoms with van der Waals surface area (Å²) in [4.78, 5) is 18.4. The van der Waals surface area contributed by atoms with Gasteiger partial charge in [0.25, 0.3) is 0 Å². The highest BCUT2D eigenvalue weighted by molar-refractivity contribution is 5.79. The van der Waals surface area contributed by atoms with Crippen molar-refractivity contribution in [3.8, 4) is 11.3 Å². The molecule has 0 aromatic carbocycles. The molecular weight excluding hydrogens is 344 g/mol. The van der Waals surface area contributed by atoms with Crippen LogP contribution >= 0.6 is 0 Å². The molecule has 1 fully saturated rings. The van der Waals surface area contributed by atoms with Crippen LogP contribution in [0.2, 0.25) is 0 Å². The molecule has 142 valence electrons. The normalized spacial score (nSPS) is 19.4. The number of carbonyl (C=O) groups is 1. The molecule has 0 saturated carbocycles. The van der Waals surface area contributed by atoms with Gasteiger partial charge >= 0.3 is 0 Å². The summed E-state index contributed by atoms with van der Waals surface area (Å²) in [6.45, 7) is 7.32. The summed E-state index contributed by atoms with van der Waals surface area (Å²) >= 11 is 0. The van der Waals surface area contributed by atoms with Gasteiger partial charge in [0.2, 0.25) is 5.91 Å². The summed E-state index contributed by atoms with van der Waals surface area (Å²) in [6, 6.07) is 3.58. The second-order valence-corrected chi connectivity index (χ2v) is 7.36. The van der Waals surface area contributed by atoms with Crippen LogP contribution in [0.5, 0.6) is 0 Å². The highest BCUT2D eigenvalue weighted by Gasteiger charge is 2.31. The van der Waals surface area contributed by atoms with E-state index < -0.39 is 0 Å². The van der Waals surface area contributed by atoms with Gasteiger partial charge in [-0.3, -0.25) is 9.69 Å². The van der Waals surface area contributed by atoms with Gasteiger partial charge in [-0.05, 0) is 40.2 Å². The van der Waals surface area contributed by atoms with Gasteiger partial charge in [-0.15, -0.1) is 0 Å². The molecule has 3 aromatic rings. The lowest BCUT2D eigenvalue weighted by Crippen LogP contribution is -2.47. The number of fused-ring (bicyclic) bond motifs is 1. The smallest absolute Gasteiger partial charge is 0.234 e. The van der Waals surface area contributed by atoms with Crippen molar-refractivity contribution in [2.24, 2.45) is 5.73 Å². The molecule has 1 aliphatic rings. The zero-order valence-electron chi connectivity index (χ0n) is 15.8. The van der Waals surface area contributed by atoms with E-state index in [0.29, 0.717) is 5.76 Å². The van der Waals surface area contributed by atoms with Gasteiger partial charge in [0.05, 0.1) is 28.7 Å². The van der Waals surface area contributed by atoms with Crippen molar-refractivity contribution in [3.63, 3.8) is 0 Å². The average molecular weight is 368 g/mol. The monoisotopic (exact) mass is 368 g/mol. The number of likely N-dealkylation sites (tertiary alicyclic amines) is 1. The summed E-state index contributed by atoms with van der Waals surface area (Å²) < 4.78 is 7.44. The lowest BCUT2D eigenvalue weighted by molar-refractivity contribution is -0.123. The number of rotatable bonds is 4. The molecule has 0 unspecified atom stereocenters. The zero-order chi connectivity index (χ0) is 19.1. The molecule has 1 saturated heterocycles. The van der Waals surface area contributed by atoms with Crippen molar-refractivity contribution in [1.29, 1.82) is 0 Å². The number of hydrogen-bond donors (Lipinski definition) is 1. The maximum atomic E-state index is 11.7. The minimum Gasteiger partial charge on any atom is -0.368 e. The number of amides is 1. The Morgan fingerprint density at radius 2 is 2.15 bits per heavy atom. The molecule has 0 radical (unpaired) electrons. The summed E-state index contributed by atoms with van der Waals surface area (Å²) in [5.74, 6) is 0.576. The van der Waals surface area contributed by atoms with E-state index in [0.717, 1.165) is 54.2 Å². The highest BCUT2D eigenvalue weighted by Crippen LogP contribution is 2.35. The molecule has 4 rings (SSSR count). The molecule has 27 heavy (non-hydrogen) atoms. The molecule has 3 aromatic heterocycles. The molecule has 2 N–H and O–H groups in total. The Hall–Kier alpha value is -2.74. The van der Waals surface area contributed by atoms with Crippen LogP contribution < -0.4 is 5.73 Å². The third kappa shape index (κ3) is 3.21. The summed E-state index contributed by atoms with van der Waals surface area (Å²) in [5.41, 5.74) is 10.0. The van der Waals surface area contributed by atoms with Crippen molar-refractivity contribution in [2.75, 3.05) is 13.1 Å². The van der Waals surface area contributed by atoms with Crippen molar-refractivity contribution < 1.29 is 9.32 Å². The number of nitrogens with zero attached hydrogens (tertiary/aromatic N) is 5. The van der Waals surface area contributed by atoms with E-state index in [9.17, 15) is 4.79 Å². The van der Waals surface area contributed by atoms with Crippen LogP contribution in [0.4, 0.5) is 0 Å².